The van der Waals surface area contributed by atoms with Crippen LogP contribution in [0.15, 0.2) is 60.7 Å². The SMILES string of the molecule is C=CCOc1ccc(/C=C(\C#N)C(=O)Nc2cccc(C(F)(F)F)c2)cc1OC. The molecule has 0 aliphatic rings. The Hall–Kier alpha value is -3.73. The van der Waals surface area contributed by atoms with E-state index >= 15 is 0 Å². The zero-order valence-corrected chi connectivity index (χ0v) is 15.4. The topological polar surface area (TPSA) is 71.3 Å². The molecule has 0 bridgehead atoms. The van der Waals surface area contributed by atoms with Crippen LogP contribution in [0.5, 0.6) is 11.5 Å². The number of hydrogen-bond donors (Lipinski definition) is 1. The van der Waals surface area contributed by atoms with Crippen LogP contribution in [-0.4, -0.2) is 19.6 Å². The lowest BCUT2D eigenvalue weighted by Crippen LogP contribution is -2.14. The molecule has 2 aromatic carbocycles. The van der Waals surface area contributed by atoms with Crippen molar-refractivity contribution >= 4 is 17.7 Å². The molecule has 2 aromatic rings. The van der Waals surface area contributed by atoms with Gasteiger partial charge in [0.05, 0.1) is 12.7 Å². The predicted octanol–water partition coefficient (Wildman–Crippen LogP) is 4.82. The summed E-state index contributed by atoms with van der Waals surface area (Å²) in [5.74, 6) is 0.00502. The van der Waals surface area contributed by atoms with E-state index in [2.05, 4.69) is 11.9 Å². The summed E-state index contributed by atoms with van der Waals surface area (Å²) < 4.78 is 49.0. The number of nitriles is 1. The number of anilines is 1. The number of alkyl halides is 3. The number of carbonyl (C=O) groups excluding carboxylic acids is 1. The normalized spacial score (nSPS) is 11.3. The average molecular weight is 402 g/mol. The van der Waals surface area contributed by atoms with Gasteiger partial charge >= 0.3 is 6.18 Å². The molecule has 0 unspecified atom stereocenters. The van der Waals surface area contributed by atoms with Crippen LogP contribution in [-0.2, 0) is 11.0 Å². The molecular formula is C21H17F3N2O3. The van der Waals surface area contributed by atoms with Crippen molar-refractivity contribution < 1.29 is 27.4 Å². The van der Waals surface area contributed by atoms with Gasteiger partial charge in [0, 0.05) is 5.69 Å². The molecule has 0 saturated carbocycles. The van der Waals surface area contributed by atoms with Crippen LogP contribution in [0.3, 0.4) is 0 Å². The smallest absolute Gasteiger partial charge is 0.416 e. The zero-order valence-electron chi connectivity index (χ0n) is 15.4. The number of hydrogen-bond acceptors (Lipinski definition) is 4. The van der Waals surface area contributed by atoms with Crippen LogP contribution in [0.4, 0.5) is 18.9 Å². The highest BCUT2D eigenvalue weighted by Gasteiger charge is 2.30. The van der Waals surface area contributed by atoms with E-state index in [1.165, 1.54) is 25.3 Å². The second-order valence-electron chi connectivity index (χ2n) is 5.71. The highest BCUT2D eigenvalue weighted by Crippen LogP contribution is 2.31. The lowest BCUT2D eigenvalue weighted by molar-refractivity contribution is -0.137. The molecule has 0 aliphatic carbocycles. The Morgan fingerprint density at radius 2 is 2.00 bits per heavy atom. The molecule has 5 nitrogen and oxygen atoms in total. The van der Waals surface area contributed by atoms with Crippen LogP contribution >= 0.6 is 0 Å². The molecule has 150 valence electrons. The lowest BCUT2D eigenvalue weighted by Gasteiger charge is -2.11. The molecule has 8 heteroatoms. The van der Waals surface area contributed by atoms with E-state index in [1.54, 1.807) is 30.3 Å². The third-order valence-corrected chi connectivity index (χ3v) is 3.67. The number of rotatable bonds is 7. The minimum absolute atomic E-state index is 0.0725. The summed E-state index contributed by atoms with van der Waals surface area (Å²) in [6.45, 7) is 3.83. The van der Waals surface area contributed by atoms with Crippen LogP contribution < -0.4 is 14.8 Å². The van der Waals surface area contributed by atoms with Crippen molar-refractivity contribution in [2.75, 3.05) is 19.0 Å². The van der Waals surface area contributed by atoms with Crippen LogP contribution in [0.1, 0.15) is 11.1 Å². The van der Waals surface area contributed by atoms with Crippen molar-refractivity contribution in [2.45, 2.75) is 6.18 Å². The molecule has 2 rings (SSSR count). The van der Waals surface area contributed by atoms with Crippen molar-refractivity contribution in [3.63, 3.8) is 0 Å². The monoisotopic (exact) mass is 402 g/mol. The number of ether oxygens (including phenoxy) is 2. The fourth-order valence-electron chi connectivity index (χ4n) is 2.33. The quantitative estimate of drug-likeness (QED) is 0.409. The number of methoxy groups -OCH3 is 1. The Bertz CT molecular complexity index is 976. The van der Waals surface area contributed by atoms with Gasteiger partial charge in [-0.05, 0) is 42.0 Å². The standard InChI is InChI=1S/C21H17F3N2O3/c1-3-9-29-18-8-7-14(11-19(18)28-2)10-15(13-25)20(27)26-17-6-4-5-16(12-17)21(22,23)24/h3-8,10-12H,1,9H2,2H3,(H,26,27)/b15-10+. The number of nitrogens with one attached hydrogen (secondary N) is 1. The van der Waals surface area contributed by atoms with Gasteiger partial charge in [-0.3, -0.25) is 4.79 Å². The first kappa shape index (κ1) is 21.6. The molecule has 0 aliphatic heterocycles. The summed E-state index contributed by atoms with van der Waals surface area (Å²) in [6, 6.07) is 10.7. The van der Waals surface area contributed by atoms with Gasteiger partial charge in [-0.25, -0.2) is 0 Å². The molecule has 0 spiro atoms. The molecule has 1 amide bonds. The van der Waals surface area contributed by atoms with Gasteiger partial charge in [-0.15, -0.1) is 0 Å². The third kappa shape index (κ3) is 5.87. The predicted molar refractivity (Wildman–Crippen MR) is 102 cm³/mol. The van der Waals surface area contributed by atoms with Crippen molar-refractivity contribution in [2.24, 2.45) is 0 Å². The summed E-state index contributed by atoms with van der Waals surface area (Å²) in [7, 11) is 1.44. The molecule has 0 saturated heterocycles. The summed E-state index contributed by atoms with van der Waals surface area (Å²) in [5.41, 5.74) is -0.790. The Kier molecular flexibility index (Phi) is 7.04. The van der Waals surface area contributed by atoms with Crippen molar-refractivity contribution in [3.05, 3.63) is 71.8 Å². The maximum absolute atomic E-state index is 12.8. The molecule has 0 heterocycles. The van der Waals surface area contributed by atoms with Gasteiger partial charge in [-0.2, -0.15) is 18.4 Å². The van der Waals surface area contributed by atoms with Crippen molar-refractivity contribution in [1.29, 1.82) is 5.26 Å². The maximum atomic E-state index is 12.8. The second-order valence-corrected chi connectivity index (χ2v) is 5.71. The number of nitrogens with zero attached hydrogens (tertiary/aromatic N) is 1. The molecule has 29 heavy (non-hydrogen) atoms. The Morgan fingerprint density at radius 3 is 2.62 bits per heavy atom. The molecular weight excluding hydrogens is 385 g/mol. The number of halogens is 3. The minimum Gasteiger partial charge on any atom is -0.493 e. The Labute approximate surface area is 165 Å². The van der Waals surface area contributed by atoms with Crippen LogP contribution in [0, 0.1) is 11.3 Å². The molecule has 0 radical (unpaired) electrons. The lowest BCUT2D eigenvalue weighted by atomic mass is 10.1. The first-order valence-corrected chi connectivity index (χ1v) is 8.30. The third-order valence-electron chi connectivity index (χ3n) is 3.67. The summed E-state index contributed by atoms with van der Waals surface area (Å²) in [4.78, 5) is 12.3. The second kappa shape index (κ2) is 9.46. The van der Waals surface area contributed by atoms with Crippen LogP contribution in [0.25, 0.3) is 6.08 Å². The van der Waals surface area contributed by atoms with Gasteiger partial charge in [0.1, 0.15) is 18.2 Å². The summed E-state index contributed by atoms with van der Waals surface area (Å²) in [5, 5.41) is 11.6. The molecule has 0 fully saturated rings. The number of carbonyl (C=O) groups is 1. The van der Waals surface area contributed by atoms with E-state index < -0.39 is 17.6 Å². The van der Waals surface area contributed by atoms with Crippen LogP contribution in [0.2, 0.25) is 0 Å². The fraction of sp³-hybridized carbons (Fsp3) is 0.143. The average Bonchev–Trinajstić information content (AvgIpc) is 2.70. The van der Waals surface area contributed by atoms with E-state index in [1.807, 2.05) is 0 Å². The van der Waals surface area contributed by atoms with Gasteiger partial charge in [0.15, 0.2) is 11.5 Å². The molecule has 0 aromatic heterocycles. The highest BCUT2D eigenvalue weighted by molar-refractivity contribution is 6.09. The number of benzene rings is 2. The summed E-state index contributed by atoms with van der Waals surface area (Å²) >= 11 is 0. The summed E-state index contributed by atoms with van der Waals surface area (Å²) in [6.07, 6.45) is -1.68. The fourth-order valence-corrected chi connectivity index (χ4v) is 2.33. The first-order valence-electron chi connectivity index (χ1n) is 8.30. The van der Waals surface area contributed by atoms with Gasteiger partial charge in [-0.1, -0.05) is 24.8 Å². The van der Waals surface area contributed by atoms with E-state index in [-0.39, 0.29) is 17.9 Å². The van der Waals surface area contributed by atoms with Gasteiger partial charge < -0.3 is 14.8 Å². The Morgan fingerprint density at radius 1 is 1.24 bits per heavy atom. The molecule has 0 atom stereocenters. The maximum Gasteiger partial charge on any atom is 0.416 e. The zero-order chi connectivity index (χ0) is 21.4. The van der Waals surface area contributed by atoms with Crippen molar-refractivity contribution in [1.82, 2.24) is 0 Å². The number of amides is 1. The minimum atomic E-state index is -4.54. The van der Waals surface area contributed by atoms with E-state index in [0.29, 0.717) is 17.1 Å². The van der Waals surface area contributed by atoms with E-state index in [9.17, 15) is 23.2 Å². The van der Waals surface area contributed by atoms with E-state index in [0.717, 1.165) is 12.1 Å². The van der Waals surface area contributed by atoms with Gasteiger partial charge in [0.2, 0.25) is 0 Å². The first-order chi connectivity index (χ1) is 13.8. The highest BCUT2D eigenvalue weighted by atomic mass is 19.4. The largest absolute Gasteiger partial charge is 0.493 e. The van der Waals surface area contributed by atoms with Gasteiger partial charge in [0.25, 0.3) is 5.91 Å². The van der Waals surface area contributed by atoms with Crippen molar-refractivity contribution in [3.8, 4) is 17.6 Å². The van der Waals surface area contributed by atoms with E-state index in [4.69, 9.17) is 9.47 Å². The Balaban J connectivity index is 2.24. The molecule has 1 N–H and O–H groups in total.